The fraction of sp³-hybridized carbons (Fsp3) is 0. The molecule has 0 aliphatic rings. The molecule has 0 saturated heterocycles. The van der Waals surface area contributed by atoms with Crippen LogP contribution in [0.25, 0.3) is 22.3 Å². The molecule has 19 heavy (non-hydrogen) atoms. The van der Waals surface area contributed by atoms with E-state index in [1.807, 2.05) is 18.3 Å². The first-order valence-electron chi connectivity index (χ1n) is 6.10. The molecule has 0 spiro atoms. The summed E-state index contributed by atoms with van der Waals surface area (Å²) in [4.78, 5) is 4.21. The van der Waals surface area contributed by atoms with Crippen LogP contribution in [0.2, 0.25) is 0 Å². The number of hydrogen-bond donors (Lipinski definition) is 0. The van der Waals surface area contributed by atoms with Gasteiger partial charge in [-0.1, -0.05) is 64.5 Å². The molecule has 0 aliphatic carbocycles. The first-order chi connectivity index (χ1) is 9.36. The second-order valence-corrected chi connectivity index (χ2v) is 5.12. The minimum absolute atomic E-state index is 1.10. The number of rotatable bonds is 2. The number of hydrogen-bond acceptors (Lipinski definition) is 1. The third-order valence-electron chi connectivity index (χ3n) is 3.06. The summed E-state index contributed by atoms with van der Waals surface area (Å²) >= 11 is 3.62. The Labute approximate surface area is 121 Å². The van der Waals surface area contributed by atoms with E-state index in [4.69, 9.17) is 0 Å². The number of aromatic nitrogens is 1. The van der Waals surface area contributed by atoms with Gasteiger partial charge in [0.25, 0.3) is 0 Å². The number of benzene rings is 2. The Morgan fingerprint density at radius 3 is 2.05 bits per heavy atom. The second-order valence-electron chi connectivity index (χ2n) is 4.27. The van der Waals surface area contributed by atoms with E-state index in [-0.39, 0.29) is 0 Å². The summed E-state index contributed by atoms with van der Waals surface area (Å²) in [5, 5.41) is 0. The van der Waals surface area contributed by atoms with Crippen LogP contribution in [-0.4, -0.2) is 4.98 Å². The Morgan fingerprint density at radius 1 is 0.684 bits per heavy atom. The van der Waals surface area contributed by atoms with Gasteiger partial charge in [0.2, 0.25) is 0 Å². The normalized spacial score (nSPS) is 10.4. The van der Waals surface area contributed by atoms with E-state index < -0.39 is 0 Å². The number of pyridine rings is 1. The summed E-state index contributed by atoms with van der Waals surface area (Å²) < 4.78 is 1.10. The predicted octanol–water partition coefficient (Wildman–Crippen LogP) is 5.18. The lowest BCUT2D eigenvalue weighted by Gasteiger charge is -2.11. The van der Waals surface area contributed by atoms with Crippen molar-refractivity contribution in [3.8, 4) is 22.3 Å². The maximum atomic E-state index is 4.21. The van der Waals surface area contributed by atoms with Gasteiger partial charge in [-0.2, -0.15) is 0 Å². The van der Waals surface area contributed by atoms with Gasteiger partial charge in [0.15, 0.2) is 0 Å². The summed E-state index contributed by atoms with van der Waals surface area (Å²) in [6.45, 7) is 0. The van der Waals surface area contributed by atoms with Crippen LogP contribution in [0.4, 0.5) is 0 Å². The Balaban J connectivity index is 2.21. The van der Waals surface area contributed by atoms with Crippen molar-refractivity contribution in [3.63, 3.8) is 0 Å². The molecule has 1 nitrogen and oxygen atoms in total. The molecule has 0 N–H and O–H groups in total. The average molecular weight is 310 g/mol. The van der Waals surface area contributed by atoms with Crippen molar-refractivity contribution in [3.05, 3.63) is 77.5 Å². The maximum Gasteiger partial charge on any atom is 0.0346 e. The van der Waals surface area contributed by atoms with Gasteiger partial charge in [0, 0.05) is 22.4 Å². The van der Waals surface area contributed by atoms with E-state index in [0.29, 0.717) is 0 Å². The van der Waals surface area contributed by atoms with E-state index in [1.165, 1.54) is 16.7 Å². The lowest BCUT2D eigenvalue weighted by Crippen LogP contribution is -1.86. The SMILES string of the molecule is Brc1ccccc1-c1ccccc1-c1cccnc1. The summed E-state index contributed by atoms with van der Waals surface area (Å²) in [5.74, 6) is 0. The van der Waals surface area contributed by atoms with E-state index in [9.17, 15) is 0 Å². The van der Waals surface area contributed by atoms with Crippen molar-refractivity contribution in [1.82, 2.24) is 4.98 Å². The second kappa shape index (κ2) is 5.37. The topological polar surface area (TPSA) is 12.9 Å². The number of halogens is 1. The van der Waals surface area contributed by atoms with Gasteiger partial charge in [-0.3, -0.25) is 4.98 Å². The van der Waals surface area contributed by atoms with Crippen molar-refractivity contribution in [2.24, 2.45) is 0 Å². The van der Waals surface area contributed by atoms with E-state index >= 15 is 0 Å². The van der Waals surface area contributed by atoms with Crippen LogP contribution in [-0.2, 0) is 0 Å². The van der Waals surface area contributed by atoms with Gasteiger partial charge in [-0.05, 0) is 28.8 Å². The summed E-state index contributed by atoms with van der Waals surface area (Å²) in [6, 6.07) is 20.7. The lowest BCUT2D eigenvalue weighted by atomic mass is 9.96. The quantitative estimate of drug-likeness (QED) is 0.635. The van der Waals surface area contributed by atoms with E-state index in [1.54, 1.807) is 6.20 Å². The van der Waals surface area contributed by atoms with Gasteiger partial charge < -0.3 is 0 Å². The zero-order valence-electron chi connectivity index (χ0n) is 10.3. The van der Waals surface area contributed by atoms with Gasteiger partial charge in [0.05, 0.1) is 0 Å². The van der Waals surface area contributed by atoms with Gasteiger partial charge in [-0.15, -0.1) is 0 Å². The number of nitrogens with zero attached hydrogens (tertiary/aromatic N) is 1. The first-order valence-corrected chi connectivity index (χ1v) is 6.90. The van der Waals surface area contributed by atoms with Crippen LogP contribution in [0.5, 0.6) is 0 Å². The van der Waals surface area contributed by atoms with Crippen LogP contribution in [0.3, 0.4) is 0 Å². The molecule has 0 bridgehead atoms. The molecule has 2 aromatic carbocycles. The zero-order chi connectivity index (χ0) is 13.1. The minimum atomic E-state index is 1.10. The fourth-order valence-corrected chi connectivity index (χ4v) is 2.67. The van der Waals surface area contributed by atoms with Crippen molar-refractivity contribution in [2.75, 3.05) is 0 Å². The highest BCUT2D eigenvalue weighted by atomic mass is 79.9. The molecular weight excluding hydrogens is 298 g/mol. The largest absolute Gasteiger partial charge is 0.264 e. The maximum absolute atomic E-state index is 4.21. The molecule has 1 aromatic heterocycles. The molecule has 92 valence electrons. The standard InChI is InChI=1S/C17H12BrN/c18-17-10-4-3-9-16(17)15-8-2-1-7-14(15)13-6-5-11-19-12-13/h1-12H. The van der Waals surface area contributed by atoms with Crippen molar-refractivity contribution in [1.29, 1.82) is 0 Å². The Kier molecular flexibility index (Phi) is 3.43. The molecule has 0 aliphatic heterocycles. The molecular formula is C17H12BrN. The Morgan fingerprint density at radius 2 is 1.37 bits per heavy atom. The average Bonchev–Trinajstić information content (AvgIpc) is 2.49. The molecule has 0 unspecified atom stereocenters. The van der Waals surface area contributed by atoms with Crippen LogP contribution >= 0.6 is 15.9 Å². The van der Waals surface area contributed by atoms with Crippen molar-refractivity contribution < 1.29 is 0 Å². The van der Waals surface area contributed by atoms with Crippen LogP contribution in [0.1, 0.15) is 0 Å². The Hall–Kier alpha value is -1.93. The Bertz CT molecular complexity index is 692. The predicted molar refractivity (Wildman–Crippen MR) is 82.8 cm³/mol. The van der Waals surface area contributed by atoms with Crippen LogP contribution < -0.4 is 0 Å². The summed E-state index contributed by atoms with van der Waals surface area (Å²) in [5.41, 5.74) is 4.74. The highest BCUT2D eigenvalue weighted by molar-refractivity contribution is 9.10. The molecule has 3 rings (SSSR count). The molecule has 0 atom stereocenters. The summed E-state index contributed by atoms with van der Waals surface area (Å²) in [7, 11) is 0. The summed E-state index contributed by atoms with van der Waals surface area (Å²) in [6.07, 6.45) is 3.69. The fourth-order valence-electron chi connectivity index (χ4n) is 2.17. The third-order valence-corrected chi connectivity index (χ3v) is 3.76. The highest BCUT2D eigenvalue weighted by Crippen LogP contribution is 2.35. The minimum Gasteiger partial charge on any atom is -0.264 e. The van der Waals surface area contributed by atoms with Crippen LogP contribution in [0, 0.1) is 0 Å². The van der Waals surface area contributed by atoms with Crippen LogP contribution in [0.15, 0.2) is 77.5 Å². The van der Waals surface area contributed by atoms with Gasteiger partial charge in [0.1, 0.15) is 0 Å². The van der Waals surface area contributed by atoms with Gasteiger partial charge in [-0.25, -0.2) is 0 Å². The lowest BCUT2D eigenvalue weighted by molar-refractivity contribution is 1.33. The molecule has 1 heterocycles. The smallest absolute Gasteiger partial charge is 0.0346 e. The highest BCUT2D eigenvalue weighted by Gasteiger charge is 2.08. The molecule has 0 fully saturated rings. The molecule has 0 saturated carbocycles. The molecule has 3 aromatic rings. The molecule has 0 radical (unpaired) electrons. The van der Waals surface area contributed by atoms with Crippen molar-refractivity contribution in [2.45, 2.75) is 0 Å². The first kappa shape index (κ1) is 12.1. The van der Waals surface area contributed by atoms with Gasteiger partial charge >= 0.3 is 0 Å². The zero-order valence-corrected chi connectivity index (χ0v) is 11.8. The van der Waals surface area contributed by atoms with E-state index in [0.717, 1.165) is 10.0 Å². The third kappa shape index (κ3) is 2.45. The monoisotopic (exact) mass is 309 g/mol. The van der Waals surface area contributed by atoms with Crippen molar-refractivity contribution >= 4 is 15.9 Å². The van der Waals surface area contributed by atoms with E-state index in [2.05, 4.69) is 69.4 Å². The molecule has 2 heteroatoms. The molecule has 0 amide bonds.